The lowest BCUT2D eigenvalue weighted by molar-refractivity contribution is -0.318. The smallest absolute Gasteiger partial charge is 0.311 e. The molecule has 3 saturated heterocycles. The Morgan fingerprint density at radius 3 is 1.86 bits per heavy atom. The van der Waals surface area contributed by atoms with Crippen molar-refractivity contribution in [2.45, 2.75) is 263 Å². The third-order valence-corrected chi connectivity index (χ3v) is 23.1. The van der Waals surface area contributed by atoms with Crippen molar-refractivity contribution in [1.82, 2.24) is 9.80 Å². The highest BCUT2D eigenvalue weighted by Gasteiger charge is 2.53. The van der Waals surface area contributed by atoms with Crippen LogP contribution < -0.4 is 10.6 Å². The Balaban J connectivity index is 1.31. The molecule has 0 radical (unpaired) electrons. The summed E-state index contributed by atoms with van der Waals surface area (Å²) in [5.74, 6) is -3.24. The molecule has 2 aromatic rings. The van der Waals surface area contributed by atoms with Crippen LogP contribution >= 0.6 is 7.26 Å². The molecule has 456 valence electrons. The fourth-order valence-electron chi connectivity index (χ4n) is 13.5. The summed E-state index contributed by atoms with van der Waals surface area (Å²) in [7, 11) is 3.77. The molecule has 0 unspecified atom stereocenters. The lowest BCUT2D eigenvalue weighted by Gasteiger charge is -2.48. The minimum atomic E-state index is -2.00. The molecule has 15 nitrogen and oxygen atoms in total. The van der Waals surface area contributed by atoms with Crippen LogP contribution in [0.5, 0.6) is 0 Å². The molecule has 80 heavy (non-hydrogen) atoms. The largest absolute Gasteiger partial charge is 0.459 e. The van der Waals surface area contributed by atoms with Crippen LogP contribution in [-0.2, 0) is 38.0 Å². The van der Waals surface area contributed by atoms with E-state index in [1.54, 1.807) is 46.4 Å². The van der Waals surface area contributed by atoms with Gasteiger partial charge in [0, 0.05) is 38.5 Å². The third-order valence-electron chi connectivity index (χ3n) is 18.3. The summed E-state index contributed by atoms with van der Waals surface area (Å²) < 4.78 is 38.3. The van der Waals surface area contributed by atoms with Gasteiger partial charge < -0.3 is 63.8 Å². The second-order valence-electron chi connectivity index (χ2n) is 25.3. The second kappa shape index (κ2) is 31.0. The average molecular weight is 1140 g/mol. The van der Waals surface area contributed by atoms with Gasteiger partial charge in [-0.1, -0.05) is 103 Å². The summed E-state index contributed by atoms with van der Waals surface area (Å²) in [6.07, 6.45) is 4.05. The third kappa shape index (κ3) is 17.3. The van der Waals surface area contributed by atoms with Gasteiger partial charge in [-0.2, -0.15) is 0 Å². The first-order valence-electron chi connectivity index (χ1n) is 30.6. The van der Waals surface area contributed by atoms with Gasteiger partial charge in [-0.15, -0.1) is 0 Å². The maximum atomic E-state index is 14.7. The lowest BCUT2D eigenvalue weighted by atomic mass is 9.77. The van der Waals surface area contributed by atoms with Crippen molar-refractivity contribution in [2.75, 3.05) is 40.1 Å². The predicted molar refractivity (Wildman–Crippen MR) is 319 cm³/mol. The molecule has 5 N–H and O–H groups in total. The first-order chi connectivity index (χ1) is 37.8. The Labute approximate surface area is 482 Å². The molecule has 5 rings (SSSR count). The van der Waals surface area contributed by atoms with Gasteiger partial charge in [0.25, 0.3) is 0 Å². The number of unbranched alkanes of at least 4 members (excludes halogenated alkanes) is 8. The number of nitrogens with zero attached hydrogens (tertiary/aromatic N) is 2. The summed E-state index contributed by atoms with van der Waals surface area (Å²) in [5.41, 5.74) is -4.78. The molecule has 18 atom stereocenters. The van der Waals surface area contributed by atoms with Crippen molar-refractivity contribution in [3.05, 3.63) is 60.7 Å². The van der Waals surface area contributed by atoms with Gasteiger partial charge in [0.15, 0.2) is 12.6 Å². The molecule has 0 aliphatic carbocycles. The van der Waals surface area contributed by atoms with Gasteiger partial charge in [0.1, 0.15) is 30.0 Å². The van der Waals surface area contributed by atoms with E-state index < -0.39 is 109 Å². The highest BCUT2D eigenvalue weighted by molar-refractivity contribution is 7.89. The van der Waals surface area contributed by atoms with Crippen LogP contribution in [-0.4, -0.2) is 178 Å². The molecule has 3 fully saturated rings. The van der Waals surface area contributed by atoms with Crippen molar-refractivity contribution in [2.24, 2.45) is 17.8 Å². The molecule has 2 aromatic carbocycles. The number of ether oxygens (including phenoxy) is 6. The Kier molecular flexibility index (Phi) is 26.4. The quantitative estimate of drug-likeness (QED) is 0.0402. The molecule has 0 aromatic heterocycles. The van der Waals surface area contributed by atoms with E-state index in [1.165, 1.54) is 69.1 Å². The molecular weight excluding hydrogens is 1040 g/mol. The summed E-state index contributed by atoms with van der Waals surface area (Å²) in [5, 5.41) is 63.4. The van der Waals surface area contributed by atoms with E-state index in [0.29, 0.717) is 12.8 Å². The van der Waals surface area contributed by atoms with Gasteiger partial charge in [-0.25, -0.2) is 0 Å². The standard InChI is InChI=1S/C64H108N2O13P/c1-15-37-80(49-32-26-24-27-33-49,50-34-28-25-29-35-50)38-31-23-21-19-17-18-20-22-30-36-53(67)66-42-43(3)40-62(9,72)59(79-61-55(68)51(65(12)13)39-44(4)75-61)45(5)56(78-54-41-63(10,74-14)58(70)48(8)76-54)46(6)60(71)77-52(16-2)64(11,73)57(69)47(66)7/h24-29,32-35,43-48,51-52,54-59,61,68-70,72-73H,15-23,30-31,36-42H2,1-14H3/q+1/t43-,44-,45+,46-,47-,48+,51+,52-,54+,55-,56+,57-,58+,59-,61+,62-,63-,64-/m1/s1. The number of rotatable bonds is 23. The van der Waals surface area contributed by atoms with E-state index >= 15 is 0 Å². The molecule has 0 spiro atoms. The number of amides is 1. The highest BCUT2D eigenvalue weighted by atomic mass is 31.2. The van der Waals surface area contributed by atoms with E-state index in [4.69, 9.17) is 28.4 Å². The fraction of sp³-hybridized carbons (Fsp3) is 0.781. The maximum Gasteiger partial charge on any atom is 0.311 e. The van der Waals surface area contributed by atoms with Crippen molar-refractivity contribution < 1.29 is 63.5 Å². The van der Waals surface area contributed by atoms with E-state index in [1.807, 2.05) is 39.8 Å². The number of esters is 1. The van der Waals surface area contributed by atoms with Crippen LogP contribution in [0.25, 0.3) is 0 Å². The van der Waals surface area contributed by atoms with Crippen molar-refractivity contribution >= 4 is 29.7 Å². The van der Waals surface area contributed by atoms with Gasteiger partial charge in [-0.3, -0.25) is 9.59 Å². The summed E-state index contributed by atoms with van der Waals surface area (Å²) in [6, 6.07) is 21.1. The van der Waals surface area contributed by atoms with Gasteiger partial charge in [0.2, 0.25) is 5.91 Å². The molecule has 1 amide bonds. The van der Waals surface area contributed by atoms with E-state index in [2.05, 4.69) is 67.6 Å². The van der Waals surface area contributed by atoms with Crippen LogP contribution in [0.1, 0.15) is 172 Å². The van der Waals surface area contributed by atoms with Crippen LogP contribution in [0.15, 0.2) is 60.7 Å². The van der Waals surface area contributed by atoms with Crippen LogP contribution in [0.4, 0.5) is 0 Å². The van der Waals surface area contributed by atoms with E-state index in [-0.39, 0.29) is 50.3 Å². The van der Waals surface area contributed by atoms with Crippen molar-refractivity contribution in [3.8, 4) is 0 Å². The number of cyclic esters (lactones) is 1. The number of hydrogen-bond acceptors (Lipinski definition) is 14. The monoisotopic (exact) mass is 1140 g/mol. The molecule has 3 aliphatic heterocycles. The van der Waals surface area contributed by atoms with Gasteiger partial charge >= 0.3 is 5.97 Å². The number of methoxy groups -OCH3 is 1. The Morgan fingerprint density at radius 2 is 1.32 bits per heavy atom. The lowest BCUT2D eigenvalue weighted by Crippen LogP contribution is -2.60. The second-order valence-corrected chi connectivity index (χ2v) is 29.2. The Morgan fingerprint density at radius 1 is 0.762 bits per heavy atom. The highest BCUT2D eigenvalue weighted by Crippen LogP contribution is 2.57. The average Bonchev–Trinajstić information content (AvgIpc) is 3.48. The van der Waals surface area contributed by atoms with Crippen molar-refractivity contribution in [1.29, 1.82) is 0 Å². The summed E-state index contributed by atoms with van der Waals surface area (Å²) in [6.45, 7) is 19.8. The first kappa shape index (κ1) is 68.2. The normalized spacial score (nSPS) is 36.3. The summed E-state index contributed by atoms with van der Waals surface area (Å²) in [4.78, 5) is 32.8. The number of carbonyl (C=O) groups excluding carboxylic acids is 2. The minimum absolute atomic E-state index is 0.0791. The SMILES string of the molecule is CCC[P+](CCCCCCCCCCCC(=O)N1C[C@H](C)C[C@@](C)(O)[C@H](O[C@@H]2O[C@H](C)C[C@H](N(C)C)[C@H]2O)[C@@H](C)[C@H](O[C@H]2C[C@@](C)(OC)[C@@H](O)[C@H](C)O2)[C@@H](C)C(=O)O[C@H](CC)[C@@](C)(O)[C@H](O)[C@H]1C)(c1ccccc1)c1ccccc1. The number of benzene rings is 2. The zero-order valence-corrected chi connectivity index (χ0v) is 52.4. The Hall–Kier alpha value is -2.63. The number of hydrogen-bond donors (Lipinski definition) is 5. The number of aliphatic hydroxyl groups is 5. The topological polar surface area (TPSA) is 197 Å². The van der Waals surface area contributed by atoms with E-state index in [9.17, 15) is 35.1 Å². The van der Waals surface area contributed by atoms with Crippen LogP contribution in [0, 0.1) is 17.8 Å². The van der Waals surface area contributed by atoms with Crippen LogP contribution in [0.2, 0.25) is 0 Å². The fourth-order valence-corrected chi connectivity index (χ4v) is 18.0. The molecule has 3 heterocycles. The number of aliphatic hydroxyl groups excluding tert-OH is 3. The number of carbonyl (C=O) groups is 2. The molecule has 3 aliphatic rings. The number of likely N-dealkylation sites (N-methyl/N-ethyl adjacent to an activating group) is 1. The zero-order valence-electron chi connectivity index (χ0n) is 51.5. The zero-order chi connectivity index (χ0) is 59.2. The van der Waals surface area contributed by atoms with Gasteiger partial charge in [-0.05, 0) is 138 Å². The molecule has 0 bridgehead atoms. The van der Waals surface area contributed by atoms with Crippen LogP contribution in [0.3, 0.4) is 0 Å². The summed E-state index contributed by atoms with van der Waals surface area (Å²) >= 11 is 0. The maximum absolute atomic E-state index is 14.7. The van der Waals surface area contributed by atoms with Crippen molar-refractivity contribution in [3.63, 3.8) is 0 Å². The molecular formula is C64H108N2O13P+. The molecule has 0 saturated carbocycles. The van der Waals surface area contributed by atoms with E-state index in [0.717, 1.165) is 25.7 Å². The predicted octanol–water partition coefficient (Wildman–Crippen LogP) is 8.78. The minimum Gasteiger partial charge on any atom is -0.459 e. The molecule has 16 heteroatoms. The Bertz CT molecular complexity index is 2100. The first-order valence-corrected chi connectivity index (χ1v) is 32.7. The van der Waals surface area contributed by atoms with Gasteiger partial charge in [0.05, 0.1) is 77.8 Å².